The predicted molar refractivity (Wildman–Crippen MR) is 139 cm³/mol. The zero-order valence-electron chi connectivity index (χ0n) is 22.1. The maximum Gasteiger partial charge on any atom is 0.510 e. The van der Waals surface area contributed by atoms with E-state index < -0.39 is 30.0 Å². The molecule has 11 heteroatoms. The van der Waals surface area contributed by atoms with Gasteiger partial charge in [-0.25, -0.2) is 9.78 Å². The van der Waals surface area contributed by atoms with E-state index in [4.69, 9.17) is 31.1 Å². The number of hydrogen-bond donors (Lipinski definition) is 2. The number of terminal acetylenes is 1. The van der Waals surface area contributed by atoms with Crippen molar-refractivity contribution in [2.45, 2.75) is 95.4 Å². The second-order valence-electron chi connectivity index (χ2n) is 9.78. The van der Waals surface area contributed by atoms with Crippen molar-refractivity contribution in [2.75, 3.05) is 25.7 Å². The van der Waals surface area contributed by atoms with Gasteiger partial charge in [0.2, 0.25) is 0 Å². The molecule has 2 aliphatic rings. The van der Waals surface area contributed by atoms with Crippen molar-refractivity contribution in [3.8, 4) is 12.3 Å². The minimum Gasteiger partial charge on any atom is -0.434 e. The number of nitrogen functional groups attached to an aromatic ring is 1. The lowest BCUT2D eigenvalue weighted by Crippen LogP contribution is -2.43. The number of hydrogen-bond acceptors (Lipinski definition) is 10. The molecule has 38 heavy (non-hydrogen) atoms. The highest BCUT2D eigenvalue weighted by atomic mass is 19.1. The number of anilines is 1. The molecular formula is C27H39FN4O6. The largest absolute Gasteiger partial charge is 0.510 e. The van der Waals surface area contributed by atoms with E-state index in [2.05, 4.69) is 27.8 Å². The first-order chi connectivity index (χ1) is 18.4. The molecule has 3 heterocycles. The number of halogens is 1. The molecule has 210 valence electrons. The first-order valence-electron chi connectivity index (χ1n) is 13.5. The van der Waals surface area contributed by atoms with Crippen molar-refractivity contribution < 1.29 is 33.2 Å². The van der Waals surface area contributed by atoms with Crippen molar-refractivity contribution in [1.29, 1.82) is 0 Å². The fourth-order valence-corrected chi connectivity index (χ4v) is 4.72. The van der Waals surface area contributed by atoms with E-state index in [0.29, 0.717) is 30.8 Å². The van der Waals surface area contributed by atoms with Crippen LogP contribution in [0.15, 0.2) is 4.99 Å². The van der Waals surface area contributed by atoms with E-state index >= 15 is 0 Å². The van der Waals surface area contributed by atoms with Gasteiger partial charge in [0.25, 0.3) is 0 Å². The van der Waals surface area contributed by atoms with Gasteiger partial charge in [-0.05, 0) is 19.3 Å². The number of aliphatic imine (C=N–C) groups is 1. The molecular weight excluding hydrogens is 495 g/mol. The molecule has 3 N–H and O–H groups in total. The van der Waals surface area contributed by atoms with Crippen molar-refractivity contribution in [3.05, 3.63) is 11.8 Å². The van der Waals surface area contributed by atoms with E-state index in [1.54, 1.807) is 6.21 Å². The normalized spacial score (nSPS) is 24.4. The minimum absolute atomic E-state index is 0.0283. The fourth-order valence-electron chi connectivity index (χ4n) is 4.72. The van der Waals surface area contributed by atoms with E-state index in [1.807, 2.05) is 0 Å². The lowest BCUT2D eigenvalue weighted by molar-refractivity contribution is -0.125. The summed E-state index contributed by atoms with van der Waals surface area (Å²) in [5.74, 6) is 2.25. The first kappa shape index (κ1) is 29.7. The first-order valence-corrected chi connectivity index (χ1v) is 13.5. The summed E-state index contributed by atoms with van der Waals surface area (Å²) < 4.78 is 35.1. The van der Waals surface area contributed by atoms with Crippen LogP contribution >= 0.6 is 0 Å². The van der Waals surface area contributed by atoms with E-state index in [1.165, 1.54) is 32.1 Å². The van der Waals surface area contributed by atoms with Crippen LogP contribution in [-0.2, 0) is 25.4 Å². The molecule has 2 aliphatic heterocycles. The molecule has 1 aromatic rings. The zero-order valence-corrected chi connectivity index (χ0v) is 22.1. The van der Waals surface area contributed by atoms with Crippen molar-refractivity contribution >= 4 is 23.9 Å². The summed E-state index contributed by atoms with van der Waals surface area (Å²) in [5, 5.41) is 10.7. The molecule has 1 saturated heterocycles. The van der Waals surface area contributed by atoms with Gasteiger partial charge in [-0.1, -0.05) is 57.8 Å². The number of nitrogens with zero attached hydrogens (tertiary/aromatic N) is 3. The topological polar surface area (TPSA) is 138 Å². The Labute approximate surface area is 223 Å². The van der Waals surface area contributed by atoms with Crippen LogP contribution < -0.4 is 5.73 Å². The molecule has 1 fully saturated rings. The van der Waals surface area contributed by atoms with Crippen LogP contribution in [0.4, 0.5) is 20.7 Å². The highest BCUT2D eigenvalue weighted by molar-refractivity contribution is 5.73. The summed E-state index contributed by atoms with van der Waals surface area (Å²) in [7, 11) is 0. The summed E-state index contributed by atoms with van der Waals surface area (Å²) >= 11 is 0. The molecule has 4 atom stereocenters. The van der Waals surface area contributed by atoms with Crippen molar-refractivity contribution in [1.82, 2.24) is 9.97 Å². The Morgan fingerprint density at radius 2 is 1.97 bits per heavy atom. The third-order valence-corrected chi connectivity index (χ3v) is 6.94. The van der Waals surface area contributed by atoms with Crippen LogP contribution in [-0.4, -0.2) is 65.3 Å². The second kappa shape index (κ2) is 15.0. The Morgan fingerprint density at radius 1 is 1.24 bits per heavy atom. The number of nitrogens with two attached hydrogens (primary N) is 1. The van der Waals surface area contributed by atoms with Crippen molar-refractivity contribution in [2.24, 2.45) is 10.9 Å². The van der Waals surface area contributed by atoms with Gasteiger partial charge < -0.3 is 29.8 Å². The van der Waals surface area contributed by atoms with Crippen LogP contribution in [0.3, 0.4) is 0 Å². The second-order valence-corrected chi connectivity index (χ2v) is 9.78. The average Bonchev–Trinajstić information content (AvgIpc) is 3.07. The lowest BCUT2D eigenvalue weighted by atomic mass is 9.92. The number of aromatic nitrogens is 2. The standard InChI is InChI=1S/C27H39FN4O6/c1-3-5-6-7-8-9-10-11-14-36-26(34)37-18-35-17-27(4-2)22(33)15-21(38-27)19-12-13-20-23(30-16-19)24(29)32-25(28)31-20/h2,16,19,21-22,33H,3,5-15,17-18H2,1H3,(H2,29,31,32)/t19?,21-,22+,27-/m1/s1. The SMILES string of the molecule is C#C[C@]1(COCOC(=O)OCCCCCCCCCC)O[C@@H](C2C=Nc3c(N)nc(F)nc3CC2)C[C@@H]1O. The molecule has 1 aromatic heterocycles. The van der Waals surface area contributed by atoms with E-state index in [0.717, 1.165) is 19.3 Å². The molecule has 0 bridgehead atoms. The molecule has 0 amide bonds. The molecule has 0 aromatic carbocycles. The summed E-state index contributed by atoms with van der Waals surface area (Å²) in [4.78, 5) is 23.5. The van der Waals surface area contributed by atoms with Crippen LogP contribution in [0.2, 0.25) is 0 Å². The third-order valence-electron chi connectivity index (χ3n) is 6.94. The summed E-state index contributed by atoms with van der Waals surface area (Å²) in [6, 6.07) is 0. The molecule has 1 unspecified atom stereocenters. The number of carbonyl (C=O) groups excluding carboxylic acids is 1. The highest BCUT2D eigenvalue weighted by Crippen LogP contribution is 2.37. The number of fused-ring (bicyclic) bond motifs is 1. The smallest absolute Gasteiger partial charge is 0.434 e. The van der Waals surface area contributed by atoms with E-state index in [-0.39, 0.29) is 31.6 Å². The van der Waals surface area contributed by atoms with Gasteiger partial charge in [0.15, 0.2) is 18.2 Å². The Morgan fingerprint density at radius 3 is 2.71 bits per heavy atom. The van der Waals surface area contributed by atoms with Gasteiger partial charge in [0.05, 0.1) is 31.1 Å². The highest BCUT2D eigenvalue weighted by Gasteiger charge is 2.49. The molecule has 0 radical (unpaired) electrons. The van der Waals surface area contributed by atoms with Crippen LogP contribution in [0.25, 0.3) is 0 Å². The number of aliphatic hydroxyl groups excluding tert-OH is 1. The average molecular weight is 535 g/mol. The third kappa shape index (κ3) is 8.35. The van der Waals surface area contributed by atoms with Crippen LogP contribution in [0.5, 0.6) is 0 Å². The number of aliphatic hydroxyl groups is 1. The molecule has 0 aliphatic carbocycles. The van der Waals surface area contributed by atoms with Gasteiger partial charge in [-0.2, -0.15) is 9.37 Å². The van der Waals surface area contributed by atoms with Gasteiger partial charge in [-0.3, -0.25) is 4.99 Å². The van der Waals surface area contributed by atoms with Crippen molar-refractivity contribution in [3.63, 3.8) is 0 Å². The predicted octanol–water partition coefficient (Wildman–Crippen LogP) is 4.25. The molecule has 3 rings (SSSR count). The summed E-state index contributed by atoms with van der Waals surface area (Å²) in [6.07, 6.45) is 14.6. The quantitative estimate of drug-likeness (QED) is 0.118. The maximum absolute atomic E-state index is 13.5. The van der Waals surface area contributed by atoms with Crippen LogP contribution in [0, 0.1) is 24.3 Å². The van der Waals surface area contributed by atoms with E-state index in [9.17, 15) is 14.3 Å². The molecule has 0 saturated carbocycles. The summed E-state index contributed by atoms with van der Waals surface area (Å²) in [5.41, 5.74) is 5.14. The number of rotatable bonds is 14. The maximum atomic E-state index is 13.5. The lowest BCUT2D eigenvalue weighted by Gasteiger charge is -2.27. The monoisotopic (exact) mass is 534 g/mol. The zero-order chi connectivity index (χ0) is 27.4. The van der Waals surface area contributed by atoms with Crippen LogP contribution in [0.1, 0.15) is 76.8 Å². The van der Waals surface area contributed by atoms with Gasteiger partial charge in [0, 0.05) is 18.6 Å². The molecule has 0 spiro atoms. The Bertz CT molecular complexity index is 987. The number of carbonyl (C=O) groups is 1. The molecule has 10 nitrogen and oxygen atoms in total. The fraction of sp³-hybridized carbons (Fsp3) is 0.704. The van der Waals surface area contributed by atoms with Gasteiger partial charge in [0.1, 0.15) is 5.69 Å². The van der Waals surface area contributed by atoms with Gasteiger partial charge in [-0.15, -0.1) is 6.42 Å². The number of ether oxygens (including phenoxy) is 4. The number of unbranched alkanes of at least 4 members (excludes halogenated alkanes) is 7. The minimum atomic E-state index is -1.41. The Hall–Kier alpha value is -2.81. The Kier molecular flexibility index (Phi) is 11.7. The Balaban J connectivity index is 1.36. The van der Waals surface area contributed by atoms with Gasteiger partial charge >= 0.3 is 12.2 Å². The number of aryl methyl sites for hydroxylation is 1. The summed E-state index contributed by atoms with van der Waals surface area (Å²) in [6.45, 7) is 1.93.